The Kier molecular flexibility index (Phi) is 10.4. The zero-order valence-electron chi connectivity index (χ0n) is 23.9. The Bertz CT molecular complexity index is 1370. The number of hydrogen-bond donors (Lipinski definition) is 6. The fraction of sp³-hybridized carbons (Fsp3) is 0.433. The van der Waals surface area contributed by atoms with E-state index in [0.717, 1.165) is 25.9 Å². The zero-order chi connectivity index (χ0) is 30.4. The van der Waals surface area contributed by atoms with Gasteiger partial charge in [-0.05, 0) is 61.4 Å². The molecule has 2 saturated carbocycles. The molecule has 0 aliphatic heterocycles. The number of amides is 2. The predicted octanol–water partition coefficient (Wildman–Crippen LogP) is 4.69. The molecule has 2 aliphatic carbocycles. The third-order valence-electron chi connectivity index (χ3n) is 8.02. The van der Waals surface area contributed by atoms with Crippen LogP contribution in [0.1, 0.15) is 51.5 Å². The van der Waals surface area contributed by atoms with Crippen molar-refractivity contribution in [2.24, 2.45) is 22.8 Å². The summed E-state index contributed by atoms with van der Waals surface area (Å²) in [4.78, 5) is 31.1. The van der Waals surface area contributed by atoms with Crippen molar-refractivity contribution in [3.05, 3.63) is 69.7 Å². The largest absolute Gasteiger partial charge is 0.398 e. The van der Waals surface area contributed by atoms with Gasteiger partial charge in [0.25, 0.3) is 0 Å². The highest BCUT2D eigenvalue weighted by atomic mass is 35.5. The first-order chi connectivity index (χ1) is 19.9. The minimum Gasteiger partial charge on any atom is -0.398 e. The molecule has 12 heteroatoms. The van der Waals surface area contributed by atoms with Crippen molar-refractivity contribution >= 4 is 53.2 Å². The maximum absolute atomic E-state index is 14.3. The summed E-state index contributed by atoms with van der Waals surface area (Å²) in [5.41, 5.74) is 13.5. The maximum atomic E-state index is 14.3. The number of pyridine rings is 1. The lowest BCUT2D eigenvalue weighted by molar-refractivity contribution is -0.125. The van der Waals surface area contributed by atoms with E-state index in [2.05, 4.69) is 45.4 Å². The van der Waals surface area contributed by atoms with Crippen LogP contribution in [0.4, 0.5) is 15.9 Å². The molecule has 42 heavy (non-hydrogen) atoms. The van der Waals surface area contributed by atoms with Crippen LogP contribution in [-0.2, 0) is 9.59 Å². The molecule has 9 nitrogen and oxygen atoms in total. The number of benzene rings is 1. The molecular formula is C30H39ClFN7O2S. The van der Waals surface area contributed by atoms with Crippen molar-refractivity contribution in [1.29, 1.82) is 0 Å². The molecule has 0 atom stereocenters. The number of hydrogen-bond acceptors (Lipinski definition) is 8. The number of carbonyl (C=O) groups is 2. The van der Waals surface area contributed by atoms with E-state index in [1.54, 1.807) is 18.3 Å². The van der Waals surface area contributed by atoms with Crippen LogP contribution in [-0.4, -0.2) is 47.4 Å². The molecule has 2 aromatic rings. The molecule has 1 heterocycles. The van der Waals surface area contributed by atoms with Crippen LogP contribution in [0.25, 0.3) is 5.70 Å². The Morgan fingerprint density at radius 2 is 1.95 bits per heavy atom. The summed E-state index contributed by atoms with van der Waals surface area (Å²) in [6.45, 7) is 6.20. The molecule has 0 spiro atoms. The molecule has 0 unspecified atom stereocenters. The van der Waals surface area contributed by atoms with Crippen LogP contribution in [0.5, 0.6) is 0 Å². The summed E-state index contributed by atoms with van der Waals surface area (Å²) in [5.74, 6) is -0.380. The van der Waals surface area contributed by atoms with Crippen molar-refractivity contribution < 1.29 is 14.0 Å². The van der Waals surface area contributed by atoms with E-state index < -0.39 is 5.82 Å². The van der Waals surface area contributed by atoms with E-state index in [0.29, 0.717) is 40.2 Å². The molecule has 4 rings (SSSR count). The van der Waals surface area contributed by atoms with Gasteiger partial charge >= 0.3 is 0 Å². The molecule has 226 valence electrons. The quantitative estimate of drug-likeness (QED) is 0.150. The van der Waals surface area contributed by atoms with E-state index in [1.165, 1.54) is 50.5 Å². The van der Waals surface area contributed by atoms with E-state index in [4.69, 9.17) is 23.1 Å². The third kappa shape index (κ3) is 8.39. The Morgan fingerprint density at radius 1 is 1.21 bits per heavy atom. The van der Waals surface area contributed by atoms with Gasteiger partial charge in [0.05, 0.1) is 10.7 Å². The van der Waals surface area contributed by atoms with Crippen LogP contribution in [0, 0.1) is 17.2 Å². The summed E-state index contributed by atoms with van der Waals surface area (Å²) in [6, 6.07) is 7.78. The minimum absolute atomic E-state index is 0.0333. The molecule has 2 aliphatic rings. The number of nitrogens with one attached hydrogen (secondary N) is 3. The summed E-state index contributed by atoms with van der Waals surface area (Å²) in [7, 11) is 0. The van der Waals surface area contributed by atoms with Crippen molar-refractivity contribution in [2.75, 3.05) is 30.3 Å². The molecule has 7 N–H and O–H groups in total. The Labute approximate surface area is 256 Å². The standard InChI is InChI=1S/C30H39ClFN7O2S/c1-18(40)35-10-11-39(17-30(2)7-3-8-30)22-12-19(13-22)29(41)38-27-15-21(6-9-36-27)37-26(28(34)42)16-25(33)23-14-20(31)4-5-24(23)32/h4-6,9,14-16,19,22,42H,3,7-8,10-13,17,33-34H2,1-2H3,(H,35,40)(H2,36,37,38,41)/b25-16-,28-26-. The first-order valence-electron chi connectivity index (χ1n) is 14.1. The van der Waals surface area contributed by atoms with Gasteiger partial charge in [0.2, 0.25) is 11.8 Å². The smallest absolute Gasteiger partial charge is 0.228 e. The normalized spacial score (nSPS) is 20.2. The topological polar surface area (TPSA) is 138 Å². The van der Waals surface area contributed by atoms with Crippen LogP contribution in [0.2, 0.25) is 5.02 Å². The molecule has 0 radical (unpaired) electrons. The Morgan fingerprint density at radius 3 is 2.60 bits per heavy atom. The molecule has 2 fully saturated rings. The van der Waals surface area contributed by atoms with Crippen molar-refractivity contribution in [2.45, 2.75) is 52.0 Å². The molecule has 2 amide bonds. The molecule has 1 aromatic carbocycles. The lowest BCUT2D eigenvalue weighted by Gasteiger charge is -2.48. The van der Waals surface area contributed by atoms with Gasteiger partial charge in [0, 0.05) is 72.8 Å². The maximum Gasteiger partial charge on any atom is 0.228 e. The van der Waals surface area contributed by atoms with Crippen molar-refractivity contribution in [3.63, 3.8) is 0 Å². The number of carbonyl (C=O) groups excluding carboxylic acids is 2. The van der Waals surface area contributed by atoms with Gasteiger partial charge in [-0.15, -0.1) is 12.6 Å². The van der Waals surface area contributed by atoms with E-state index in [-0.39, 0.29) is 34.0 Å². The summed E-state index contributed by atoms with van der Waals surface area (Å²) < 4.78 is 14.3. The van der Waals surface area contributed by atoms with Crippen LogP contribution < -0.4 is 27.4 Å². The SMILES string of the molecule is CC(=O)NCCN(CC1(C)CCC1)C1CC(C(=O)Nc2cc(NC(/C=C(\N)c3cc(Cl)ccc3F)=C(/N)S)ccn2)C1. The van der Waals surface area contributed by atoms with Crippen LogP contribution in [0.15, 0.2) is 53.3 Å². The van der Waals surface area contributed by atoms with Gasteiger partial charge in [-0.3, -0.25) is 14.5 Å². The third-order valence-corrected chi connectivity index (χ3v) is 8.50. The molecule has 0 saturated heterocycles. The molecule has 1 aromatic heterocycles. The first-order valence-corrected chi connectivity index (χ1v) is 14.9. The summed E-state index contributed by atoms with van der Waals surface area (Å²) in [6.07, 6.45) is 8.22. The molecular weight excluding hydrogens is 577 g/mol. The predicted molar refractivity (Wildman–Crippen MR) is 169 cm³/mol. The summed E-state index contributed by atoms with van der Waals surface area (Å²) >= 11 is 10.2. The monoisotopic (exact) mass is 615 g/mol. The fourth-order valence-corrected chi connectivity index (χ4v) is 5.67. The number of thiol groups is 1. The van der Waals surface area contributed by atoms with Crippen molar-refractivity contribution in [1.82, 2.24) is 15.2 Å². The number of halogens is 2. The number of anilines is 2. The van der Waals surface area contributed by atoms with Gasteiger partial charge in [-0.1, -0.05) is 24.9 Å². The second-order valence-corrected chi connectivity index (χ2v) is 12.4. The number of allylic oxidation sites excluding steroid dienone is 1. The van der Waals surface area contributed by atoms with Gasteiger partial charge < -0.3 is 27.4 Å². The average molecular weight is 616 g/mol. The molecule has 0 bridgehead atoms. The highest BCUT2D eigenvalue weighted by Gasteiger charge is 2.41. The van der Waals surface area contributed by atoms with Gasteiger partial charge in [0.1, 0.15) is 11.6 Å². The lowest BCUT2D eigenvalue weighted by Crippen LogP contribution is -2.54. The minimum atomic E-state index is -0.523. The van der Waals surface area contributed by atoms with E-state index in [9.17, 15) is 14.0 Å². The Hall–Kier alpha value is -3.28. The highest BCUT2D eigenvalue weighted by molar-refractivity contribution is 7.84. The number of nitrogens with two attached hydrogens (primary N) is 2. The fourth-order valence-electron chi connectivity index (χ4n) is 5.38. The van der Waals surface area contributed by atoms with Crippen molar-refractivity contribution in [3.8, 4) is 0 Å². The lowest BCUT2D eigenvalue weighted by atomic mass is 9.69. The first kappa shape index (κ1) is 31.7. The Balaban J connectivity index is 1.36. The van der Waals surface area contributed by atoms with Crippen LogP contribution in [0.3, 0.4) is 0 Å². The number of aromatic nitrogens is 1. The average Bonchev–Trinajstić information content (AvgIpc) is 2.87. The zero-order valence-corrected chi connectivity index (χ0v) is 25.6. The second kappa shape index (κ2) is 13.8. The second-order valence-electron chi connectivity index (χ2n) is 11.5. The van der Waals surface area contributed by atoms with Gasteiger partial charge in [0.15, 0.2) is 0 Å². The summed E-state index contributed by atoms with van der Waals surface area (Å²) in [5, 5.41) is 9.39. The van der Waals surface area contributed by atoms with E-state index in [1.807, 2.05) is 0 Å². The number of nitrogens with zero attached hydrogens (tertiary/aromatic N) is 2. The van der Waals surface area contributed by atoms with Gasteiger partial charge in [-0.2, -0.15) is 0 Å². The van der Waals surface area contributed by atoms with Gasteiger partial charge in [-0.25, -0.2) is 9.37 Å². The highest BCUT2D eigenvalue weighted by Crippen LogP contribution is 2.43. The van der Waals surface area contributed by atoms with Crippen LogP contribution >= 0.6 is 24.2 Å². The number of rotatable bonds is 12. The van der Waals surface area contributed by atoms with E-state index >= 15 is 0 Å².